The molecule has 0 spiro atoms. The summed E-state index contributed by atoms with van der Waals surface area (Å²) in [6.07, 6.45) is -3.34. The molecule has 17 nitrogen and oxygen atoms in total. The molecule has 0 saturated carbocycles. The molecule has 2 saturated heterocycles. The van der Waals surface area contributed by atoms with E-state index < -0.39 is 47.9 Å². The van der Waals surface area contributed by atoms with Crippen LogP contribution in [0.25, 0.3) is 33.5 Å². The van der Waals surface area contributed by atoms with Crippen LogP contribution in [0.4, 0.5) is 4.79 Å². The Balaban J connectivity index is 1.03. The van der Waals surface area contributed by atoms with E-state index in [4.69, 9.17) is 40.3 Å². The molecule has 0 bridgehead atoms. The first-order valence-electron chi connectivity index (χ1n) is 16.9. The van der Waals surface area contributed by atoms with Crippen LogP contribution in [0.3, 0.4) is 0 Å². The van der Waals surface area contributed by atoms with Gasteiger partial charge in [-0.05, 0) is 40.5 Å². The van der Waals surface area contributed by atoms with Crippen molar-refractivity contribution in [1.82, 2.24) is 30.2 Å². The second-order valence-corrected chi connectivity index (χ2v) is 12.8. The maximum atomic E-state index is 13.2. The number of unbranched alkanes of at least 4 members (excludes halogenated alkanes) is 1. The lowest BCUT2D eigenvalue weighted by Crippen LogP contribution is -2.36. The van der Waals surface area contributed by atoms with Crippen LogP contribution >= 0.6 is 11.6 Å². The SMILES string of the molecule is CCCCc1nc2c(Cl)c(C(=O)O[C@@H](C)OC(=O)O[C@H]3CO[C@H]4[C@@H]3OC[C@H]4O[N+](=O)[O-])ccc2n1Cc1ccc(-c2ccccc2-c2nn[nH]n2)cc1. The van der Waals surface area contributed by atoms with Crippen LogP contribution in [0.5, 0.6) is 0 Å². The first-order chi connectivity index (χ1) is 25.7. The Kier molecular flexibility index (Phi) is 10.5. The van der Waals surface area contributed by atoms with Gasteiger partial charge in [-0.3, -0.25) is 0 Å². The number of esters is 1. The zero-order valence-electron chi connectivity index (χ0n) is 28.5. The number of fused-ring (bicyclic) bond motifs is 2. The molecule has 0 unspecified atom stereocenters. The third kappa shape index (κ3) is 7.62. The largest absolute Gasteiger partial charge is 0.511 e. The van der Waals surface area contributed by atoms with E-state index in [0.29, 0.717) is 24.3 Å². The van der Waals surface area contributed by atoms with E-state index in [9.17, 15) is 19.7 Å². The molecule has 7 rings (SSSR count). The zero-order chi connectivity index (χ0) is 37.1. The third-order valence-electron chi connectivity index (χ3n) is 9.00. The van der Waals surface area contributed by atoms with E-state index >= 15 is 0 Å². The first-order valence-corrected chi connectivity index (χ1v) is 17.3. The maximum absolute atomic E-state index is 13.2. The van der Waals surface area contributed by atoms with Crippen molar-refractivity contribution >= 4 is 34.8 Å². The molecule has 276 valence electrons. The number of aromatic nitrogens is 6. The van der Waals surface area contributed by atoms with Crippen LogP contribution in [0.15, 0.2) is 60.7 Å². The van der Waals surface area contributed by atoms with Gasteiger partial charge < -0.3 is 33.1 Å². The van der Waals surface area contributed by atoms with Crippen LogP contribution in [0.1, 0.15) is 48.4 Å². The number of H-pyrrole nitrogens is 1. The molecule has 4 heterocycles. The van der Waals surface area contributed by atoms with Crippen molar-refractivity contribution < 1.29 is 43.2 Å². The summed E-state index contributed by atoms with van der Waals surface area (Å²) in [4.78, 5) is 45.9. The molecule has 2 aromatic heterocycles. The van der Waals surface area contributed by atoms with Crippen molar-refractivity contribution in [1.29, 1.82) is 0 Å². The molecule has 18 heteroatoms. The summed E-state index contributed by atoms with van der Waals surface area (Å²) < 4.78 is 28.9. The van der Waals surface area contributed by atoms with Gasteiger partial charge >= 0.3 is 12.1 Å². The molecular formula is C35H34ClN7O10. The van der Waals surface area contributed by atoms with Crippen molar-refractivity contribution in [3.8, 4) is 22.5 Å². The monoisotopic (exact) mass is 747 g/mol. The van der Waals surface area contributed by atoms with E-state index in [1.54, 1.807) is 12.1 Å². The van der Waals surface area contributed by atoms with Crippen LogP contribution in [-0.4, -0.2) is 91.3 Å². The summed E-state index contributed by atoms with van der Waals surface area (Å²) in [6, 6.07) is 19.4. The summed E-state index contributed by atoms with van der Waals surface area (Å²) in [6.45, 7) is 3.77. The van der Waals surface area contributed by atoms with Crippen molar-refractivity contribution in [2.24, 2.45) is 0 Å². The standard InChI is InChI=1S/C35H34ClN7O10/c1-3-4-9-28-37-30-25(42(28)16-20-10-12-21(13-11-20)22-7-5-6-8-23(22)33-38-40-41-39-33)15-14-24(29(30)36)34(44)50-19(2)51-35(45)52-26-17-48-32-27(53-43(46)47)18-49-31(26)32/h5-8,10-15,19,26-27,31-32H,3-4,9,16-18H2,1-2H3,(H,38,39,40,41)/t19-,26+,27-,31-,32-/m1/s1. The highest BCUT2D eigenvalue weighted by Crippen LogP contribution is 2.33. The minimum atomic E-state index is -1.35. The van der Waals surface area contributed by atoms with Crippen molar-refractivity contribution in [2.75, 3.05) is 13.2 Å². The van der Waals surface area contributed by atoms with Crippen LogP contribution in [0, 0.1) is 10.1 Å². The number of halogens is 1. The molecule has 3 aromatic carbocycles. The molecule has 5 aromatic rings. The minimum Gasteiger partial charge on any atom is -0.426 e. The second kappa shape index (κ2) is 15.5. The minimum absolute atomic E-state index is 0.0440. The van der Waals surface area contributed by atoms with Crippen molar-refractivity contribution in [3.05, 3.63) is 92.8 Å². The average molecular weight is 748 g/mol. The first kappa shape index (κ1) is 35.7. The second-order valence-electron chi connectivity index (χ2n) is 12.5. The number of hydrogen-bond donors (Lipinski definition) is 1. The lowest BCUT2D eigenvalue weighted by Gasteiger charge is -2.19. The Morgan fingerprint density at radius 1 is 1.04 bits per heavy atom. The Hall–Kier alpha value is -5.65. The molecule has 2 fully saturated rings. The van der Waals surface area contributed by atoms with Gasteiger partial charge in [0.05, 0.1) is 29.3 Å². The maximum Gasteiger partial charge on any atom is 0.511 e. The number of aryl methyl sites for hydroxylation is 1. The predicted molar refractivity (Wildman–Crippen MR) is 185 cm³/mol. The Morgan fingerprint density at radius 2 is 1.77 bits per heavy atom. The Morgan fingerprint density at radius 3 is 2.49 bits per heavy atom. The summed E-state index contributed by atoms with van der Waals surface area (Å²) in [5.74, 6) is 0.499. The lowest BCUT2D eigenvalue weighted by molar-refractivity contribution is -0.769. The van der Waals surface area contributed by atoms with Gasteiger partial charge in [0, 0.05) is 25.5 Å². The van der Waals surface area contributed by atoms with Gasteiger partial charge in [-0.2, -0.15) is 5.21 Å². The Labute approximate surface area is 306 Å². The fourth-order valence-electron chi connectivity index (χ4n) is 6.50. The highest BCUT2D eigenvalue weighted by atomic mass is 35.5. The molecular weight excluding hydrogens is 714 g/mol. The summed E-state index contributed by atoms with van der Waals surface area (Å²) in [5, 5.41) is 24.4. The highest BCUT2D eigenvalue weighted by Gasteiger charge is 2.51. The van der Waals surface area contributed by atoms with E-state index in [1.165, 1.54) is 6.92 Å². The number of benzene rings is 3. The number of tetrazole rings is 1. The molecule has 2 aliphatic rings. The topological polar surface area (TPSA) is 205 Å². The highest BCUT2D eigenvalue weighted by molar-refractivity contribution is 6.38. The summed E-state index contributed by atoms with van der Waals surface area (Å²) in [5.41, 5.74) is 5.09. The van der Waals surface area contributed by atoms with Gasteiger partial charge in [0.25, 0.3) is 5.09 Å². The van der Waals surface area contributed by atoms with Crippen LogP contribution < -0.4 is 0 Å². The van der Waals surface area contributed by atoms with Gasteiger partial charge in [0.2, 0.25) is 12.1 Å². The molecule has 5 atom stereocenters. The molecule has 0 aliphatic carbocycles. The number of nitrogens with one attached hydrogen (secondary N) is 1. The molecule has 0 radical (unpaired) electrons. The molecule has 53 heavy (non-hydrogen) atoms. The van der Waals surface area contributed by atoms with Crippen molar-refractivity contribution in [2.45, 2.75) is 70.4 Å². The van der Waals surface area contributed by atoms with Crippen molar-refractivity contribution in [3.63, 3.8) is 0 Å². The Bertz CT molecular complexity index is 2110. The number of imidazole rings is 1. The number of ether oxygens (including phenoxy) is 5. The number of carbonyl (C=O) groups is 2. The van der Waals surface area contributed by atoms with Gasteiger partial charge in [-0.25, -0.2) is 14.6 Å². The average Bonchev–Trinajstić information content (AvgIpc) is 3.95. The van der Waals surface area contributed by atoms with E-state index in [1.807, 2.05) is 36.4 Å². The molecule has 2 aliphatic heterocycles. The summed E-state index contributed by atoms with van der Waals surface area (Å²) >= 11 is 6.80. The van der Waals surface area contributed by atoms with E-state index in [2.05, 4.69) is 49.1 Å². The number of nitrogens with zero attached hydrogens (tertiary/aromatic N) is 6. The predicted octanol–water partition coefficient (Wildman–Crippen LogP) is 5.33. The lowest BCUT2D eigenvalue weighted by atomic mass is 9.98. The van der Waals surface area contributed by atoms with E-state index in [-0.39, 0.29) is 23.8 Å². The normalized spacial score (nSPS) is 19.8. The molecule has 1 N–H and O–H groups in total. The van der Waals surface area contributed by atoms with Gasteiger partial charge in [0.1, 0.15) is 23.5 Å². The third-order valence-corrected chi connectivity index (χ3v) is 9.38. The fraction of sp³-hybridized carbons (Fsp3) is 0.371. The summed E-state index contributed by atoms with van der Waals surface area (Å²) in [7, 11) is 0. The molecule has 0 amide bonds. The quantitative estimate of drug-likeness (QED) is 0.0700. The number of carbonyl (C=O) groups excluding carboxylic acids is 2. The van der Waals surface area contributed by atoms with Gasteiger partial charge in [-0.15, -0.1) is 20.3 Å². The van der Waals surface area contributed by atoms with E-state index in [0.717, 1.165) is 46.4 Å². The van der Waals surface area contributed by atoms with Gasteiger partial charge in [0.15, 0.2) is 12.2 Å². The van der Waals surface area contributed by atoms with Crippen LogP contribution in [0.2, 0.25) is 5.02 Å². The van der Waals surface area contributed by atoms with Crippen LogP contribution in [-0.2, 0) is 41.5 Å². The number of hydrogen-bond acceptors (Lipinski definition) is 14. The zero-order valence-corrected chi connectivity index (χ0v) is 29.3. The number of aromatic amines is 1. The number of rotatable bonds is 13. The smallest absolute Gasteiger partial charge is 0.426 e. The van der Waals surface area contributed by atoms with Gasteiger partial charge in [-0.1, -0.05) is 73.5 Å². The fourth-order valence-corrected chi connectivity index (χ4v) is 6.78.